The first-order chi connectivity index (χ1) is 13.9. The number of amides is 1. The van der Waals surface area contributed by atoms with Gasteiger partial charge in [-0.05, 0) is 42.0 Å². The molecule has 3 rings (SSSR count). The monoisotopic (exact) mass is 389 g/mol. The summed E-state index contributed by atoms with van der Waals surface area (Å²) in [5.41, 5.74) is 4.64. The van der Waals surface area contributed by atoms with Gasteiger partial charge in [0.2, 0.25) is 0 Å². The topological polar surface area (TPSA) is 46.6 Å². The molecule has 0 saturated heterocycles. The molecule has 0 spiro atoms. The third-order valence-electron chi connectivity index (χ3n) is 5.28. The van der Waals surface area contributed by atoms with Gasteiger partial charge in [0.15, 0.2) is 0 Å². The second-order valence-corrected chi connectivity index (χ2v) is 7.52. The highest BCUT2D eigenvalue weighted by Gasteiger charge is 2.36. The molecule has 1 aliphatic heterocycles. The number of esters is 1. The van der Waals surface area contributed by atoms with Gasteiger partial charge in [-0.3, -0.25) is 4.79 Å². The maximum Gasteiger partial charge on any atom is 0.340 e. The van der Waals surface area contributed by atoms with E-state index in [1.54, 1.807) is 17.9 Å². The molecule has 1 heterocycles. The Hall–Kier alpha value is -3.14. The first-order valence-electron chi connectivity index (χ1n) is 9.89. The summed E-state index contributed by atoms with van der Waals surface area (Å²) in [5.74, 6) is -0.207. The lowest BCUT2D eigenvalue weighted by Crippen LogP contribution is -2.27. The van der Waals surface area contributed by atoms with Crippen molar-refractivity contribution in [2.75, 3.05) is 13.7 Å². The van der Waals surface area contributed by atoms with Crippen molar-refractivity contribution in [1.82, 2.24) is 4.90 Å². The molecule has 0 saturated carbocycles. The summed E-state index contributed by atoms with van der Waals surface area (Å²) in [6.45, 7) is 6.59. The number of carbonyl (C=O) groups excluding carboxylic acids is 2. The fraction of sp³-hybridized carbons (Fsp3) is 0.280. The Morgan fingerprint density at radius 2 is 1.72 bits per heavy atom. The quantitative estimate of drug-likeness (QED) is 0.530. The number of nitrogens with zero attached hydrogens (tertiary/aromatic N) is 1. The lowest BCUT2D eigenvalue weighted by atomic mass is 9.99. The van der Waals surface area contributed by atoms with Crippen LogP contribution in [0.3, 0.4) is 0 Å². The highest BCUT2D eigenvalue weighted by atomic mass is 16.5. The minimum absolute atomic E-state index is 0.160. The maximum atomic E-state index is 13.2. The van der Waals surface area contributed by atoms with Crippen molar-refractivity contribution >= 4 is 18.0 Å². The molecule has 0 aliphatic carbocycles. The van der Waals surface area contributed by atoms with Crippen LogP contribution in [0.5, 0.6) is 0 Å². The number of ether oxygens (including phenoxy) is 1. The first kappa shape index (κ1) is 20.6. The van der Waals surface area contributed by atoms with Gasteiger partial charge in [-0.2, -0.15) is 0 Å². The van der Waals surface area contributed by atoms with Gasteiger partial charge in [0, 0.05) is 12.2 Å². The van der Waals surface area contributed by atoms with E-state index in [1.165, 1.54) is 12.7 Å². The minimum Gasteiger partial charge on any atom is -0.465 e. The molecule has 0 bridgehead atoms. The SMILES string of the molecule is COC(=O)C1=C(C)N(CCc2ccccc2)C(=O)/C1=C\c1ccc(C(C)C)cc1. The minimum atomic E-state index is -0.483. The summed E-state index contributed by atoms with van der Waals surface area (Å²) in [5, 5.41) is 0. The molecule has 0 aromatic heterocycles. The average Bonchev–Trinajstić information content (AvgIpc) is 2.96. The molecule has 0 unspecified atom stereocenters. The summed E-state index contributed by atoms with van der Waals surface area (Å²) in [7, 11) is 1.34. The molecule has 1 aliphatic rings. The lowest BCUT2D eigenvalue weighted by Gasteiger charge is -2.17. The van der Waals surface area contributed by atoms with Gasteiger partial charge < -0.3 is 9.64 Å². The second kappa shape index (κ2) is 8.91. The molecular formula is C25H27NO3. The Kier molecular flexibility index (Phi) is 6.32. The molecular weight excluding hydrogens is 362 g/mol. The third-order valence-corrected chi connectivity index (χ3v) is 5.28. The standard InChI is InChI=1S/C25H27NO3/c1-17(2)21-12-10-20(11-13-21)16-22-23(25(28)29-4)18(3)26(24(22)27)15-14-19-8-6-5-7-9-19/h5-13,16-17H,14-15H2,1-4H3/b22-16-. The van der Waals surface area contributed by atoms with Crippen molar-refractivity contribution in [3.63, 3.8) is 0 Å². The molecule has 0 N–H and O–H groups in total. The van der Waals surface area contributed by atoms with E-state index in [0.29, 0.717) is 29.3 Å². The molecule has 0 radical (unpaired) electrons. The van der Waals surface area contributed by atoms with Crippen molar-refractivity contribution in [1.29, 1.82) is 0 Å². The van der Waals surface area contributed by atoms with Crippen LogP contribution in [0, 0.1) is 0 Å². The number of methoxy groups -OCH3 is 1. The van der Waals surface area contributed by atoms with Crippen molar-refractivity contribution in [3.05, 3.63) is 88.1 Å². The predicted molar refractivity (Wildman–Crippen MR) is 115 cm³/mol. The molecule has 2 aromatic rings. The van der Waals surface area contributed by atoms with Crippen molar-refractivity contribution in [2.45, 2.75) is 33.1 Å². The Morgan fingerprint density at radius 3 is 2.31 bits per heavy atom. The highest BCUT2D eigenvalue weighted by molar-refractivity contribution is 6.16. The van der Waals surface area contributed by atoms with Gasteiger partial charge in [0.1, 0.15) is 0 Å². The molecule has 2 aromatic carbocycles. The normalized spacial score (nSPS) is 15.6. The van der Waals surface area contributed by atoms with Crippen LogP contribution in [0.15, 0.2) is 71.4 Å². The second-order valence-electron chi connectivity index (χ2n) is 7.52. The number of benzene rings is 2. The smallest absolute Gasteiger partial charge is 0.340 e. The zero-order valence-corrected chi connectivity index (χ0v) is 17.4. The number of allylic oxidation sites excluding steroid dienone is 1. The molecule has 1 amide bonds. The molecule has 0 atom stereocenters. The fourth-order valence-electron chi connectivity index (χ4n) is 3.53. The van der Waals surface area contributed by atoms with Crippen LogP contribution < -0.4 is 0 Å². The predicted octanol–water partition coefficient (Wildman–Crippen LogP) is 4.73. The van der Waals surface area contributed by atoms with Crippen LogP contribution in [0.2, 0.25) is 0 Å². The molecule has 29 heavy (non-hydrogen) atoms. The van der Waals surface area contributed by atoms with E-state index in [-0.39, 0.29) is 5.91 Å². The fourth-order valence-corrected chi connectivity index (χ4v) is 3.53. The van der Waals surface area contributed by atoms with Crippen LogP contribution >= 0.6 is 0 Å². The van der Waals surface area contributed by atoms with Gasteiger partial charge in [-0.1, -0.05) is 68.4 Å². The van der Waals surface area contributed by atoms with E-state index in [2.05, 4.69) is 26.0 Å². The molecule has 150 valence electrons. The molecule has 4 heteroatoms. The van der Waals surface area contributed by atoms with Gasteiger partial charge in [0.25, 0.3) is 5.91 Å². The summed E-state index contributed by atoms with van der Waals surface area (Å²) < 4.78 is 4.97. The van der Waals surface area contributed by atoms with Gasteiger partial charge in [-0.15, -0.1) is 0 Å². The summed E-state index contributed by atoms with van der Waals surface area (Å²) in [4.78, 5) is 27.3. The zero-order chi connectivity index (χ0) is 21.0. The van der Waals surface area contributed by atoms with E-state index in [4.69, 9.17) is 4.74 Å². The highest BCUT2D eigenvalue weighted by Crippen LogP contribution is 2.32. The lowest BCUT2D eigenvalue weighted by molar-refractivity contribution is -0.136. The van der Waals surface area contributed by atoms with E-state index in [9.17, 15) is 9.59 Å². The summed E-state index contributed by atoms with van der Waals surface area (Å²) >= 11 is 0. The van der Waals surface area contributed by atoms with Crippen molar-refractivity contribution in [3.8, 4) is 0 Å². The van der Waals surface area contributed by atoms with Gasteiger partial charge in [-0.25, -0.2) is 4.79 Å². The summed E-state index contributed by atoms with van der Waals surface area (Å²) in [6, 6.07) is 18.1. The molecule has 0 fully saturated rings. The average molecular weight is 389 g/mol. The van der Waals surface area contributed by atoms with Crippen LogP contribution in [0.1, 0.15) is 43.4 Å². The van der Waals surface area contributed by atoms with Crippen LogP contribution in [-0.4, -0.2) is 30.4 Å². The van der Waals surface area contributed by atoms with E-state index >= 15 is 0 Å². The first-order valence-corrected chi connectivity index (χ1v) is 9.89. The largest absolute Gasteiger partial charge is 0.465 e. The van der Waals surface area contributed by atoms with Crippen molar-refractivity contribution in [2.24, 2.45) is 0 Å². The third kappa shape index (κ3) is 4.48. The van der Waals surface area contributed by atoms with Crippen molar-refractivity contribution < 1.29 is 14.3 Å². The number of rotatable bonds is 6. The summed E-state index contributed by atoms with van der Waals surface area (Å²) in [6.07, 6.45) is 2.50. The maximum absolute atomic E-state index is 13.2. The Labute approximate surface area is 172 Å². The number of hydrogen-bond acceptors (Lipinski definition) is 3. The Bertz CT molecular complexity index is 953. The Morgan fingerprint density at radius 1 is 1.07 bits per heavy atom. The Balaban J connectivity index is 1.91. The van der Waals surface area contributed by atoms with E-state index in [0.717, 1.165) is 17.5 Å². The van der Waals surface area contributed by atoms with E-state index in [1.807, 2.05) is 42.5 Å². The zero-order valence-electron chi connectivity index (χ0n) is 17.4. The van der Waals surface area contributed by atoms with Gasteiger partial charge in [0.05, 0.1) is 18.3 Å². The van der Waals surface area contributed by atoms with Crippen LogP contribution in [0.4, 0.5) is 0 Å². The number of carbonyl (C=O) groups is 2. The van der Waals surface area contributed by atoms with Crippen LogP contribution in [0.25, 0.3) is 6.08 Å². The van der Waals surface area contributed by atoms with E-state index < -0.39 is 5.97 Å². The van der Waals surface area contributed by atoms with Gasteiger partial charge >= 0.3 is 5.97 Å². The number of hydrogen-bond donors (Lipinski definition) is 0. The van der Waals surface area contributed by atoms with Crippen LogP contribution in [-0.2, 0) is 20.7 Å². The molecule has 4 nitrogen and oxygen atoms in total.